The number of nitriles is 1. The summed E-state index contributed by atoms with van der Waals surface area (Å²) in [5, 5.41) is 12.2. The second-order valence-corrected chi connectivity index (χ2v) is 3.79. The number of aromatic nitrogens is 1. The normalized spacial score (nSPS) is 9.65. The summed E-state index contributed by atoms with van der Waals surface area (Å²) in [5.74, 6) is 0. The van der Waals surface area contributed by atoms with Crippen molar-refractivity contribution in [1.82, 2.24) is 4.98 Å². The van der Waals surface area contributed by atoms with E-state index in [-0.39, 0.29) is 0 Å². The van der Waals surface area contributed by atoms with E-state index < -0.39 is 0 Å². The summed E-state index contributed by atoms with van der Waals surface area (Å²) in [7, 11) is 0. The Morgan fingerprint density at radius 2 is 2.06 bits per heavy atom. The molecule has 3 nitrogen and oxygen atoms in total. The summed E-state index contributed by atoms with van der Waals surface area (Å²) >= 11 is 0. The van der Waals surface area contributed by atoms with Gasteiger partial charge in [-0.05, 0) is 30.2 Å². The maximum atomic E-state index is 8.92. The van der Waals surface area contributed by atoms with Gasteiger partial charge in [0.25, 0.3) is 0 Å². The molecule has 1 aromatic heterocycles. The number of anilines is 1. The molecule has 0 radical (unpaired) electrons. The van der Waals surface area contributed by atoms with Gasteiger partial charge in [-0.1, -0.05) is 24.3 Å². The van der Waals surface area contributed by atoms with Crippen LogP contribution < -0.4 is 5.32 Å². The van der Waals surface area contributed by atoms with Crippen LogP contribution in [0.1, 0.15) is 16.8 Å². The molecule has 0 fully saturated rings. The fourth-order valence-electron chi connectivity index (χ4n) is 1.64. The van der Waals surface area contributed by atoms with E-state index >= 15 is 0 Å². The zero-order chi connectivity index (χ0) is 12.1. The lowest BCUT2D eigenvalue weighted by molar-refractivity contribution is 1.10. The molecule has 0 aliphatic carbocycles. The molecule has 1 aromatic carbocycles. The van der Waals surface area contributed by atoms with Gasteiger partial charge in [-0.25, -0.2) is 4.98 Å². The van der Waals surface area contributed by atoms with Crippen molar-refractivity contribution in [1.29, 1.82) is 5.26 Å². The lowest BCUT2D eigenvalue weighted by Gasteiger charge is -2.09. The predicted molar refractivity (Wildman–Crippen MR) is 67.5 cm³/mol. The summed E-state index contributed by atoms with van der Waals surface area (Å²) < 4.78 is 0. The molecule has 0 aliphatic heterocycles. The molecule has 84 valence electrons. The lowest BCUT2D eigenvalue weighted by Crippen LogP contribution is -2.03. The van der Waals surface area contributed by atoms with Crippen molar-refractivity contribution in [3.8, 4) is 6.07 Å². The molecular weight excluding hydrogens is 210 g/mol. The first-order chi connectivity index (χ1) is 8.31. The molecule has 0 aliphatic rings. The highest BCUT2D eigenvalue weighted by Gasteiger charge is 2.02. The molecule has 1 N–H and O–H groups in total. The van der Waals surface area contributed by atoms with E-state index in [0.29, 0.717) is 12.2 Å². The second kappa shape index (κ2) is 5.13. The molecule has 0 bridgehead atoms. The Morgan fingerprint density at radius 1 is 1.24 bits per heavy atom. The predicted octanol–water partition coefficient (Wildman–Crippen LogP) is 2.87. The molecule has 0 saturated heterocycles. The van der Waals surface area contributed by atoms with E-state index in [0.717, 1.165) is 5.69 Å². The third-order valence-electron chi connectivity index (χ3n) is 2.64. The molecule has 17 heavy (non-hydrogen) atoms. The summed E-state index contributed by atoms with van der Waals surface area (Å²) in [5.41, 5.74) is 3.67. The highest BCUT2D eigenvalue weighted by molar-refractivity contribution is 5.53. The van der Waals surface area contributed by atoms with Gasteiger partial charge in [0.2, 0.25) is 0 Å². The Balaban J connectivity index is 2.13. The second-order valence-electron chi connectivity index (χ2n) is 3.79. The highest BCUT2D eigenvalue weighted by Crippen LogP contribution is 2.14. The van der Waals surface area contributed by atoms with Gasteiger partial charge in [-0.3, -0.25) is 0 Å². The average molecular weight is 223 g/mol. The third kappa shape index (κ3) is 2.61. The van der Waals surface area contributed by atoms with E-state index in [2.05, 4.69) is 35.4 Å². The van der Waals surface area contributed by atoms with Crippen LogP contribution in [0.3, 0.4) is 0 Å². The fraction of sp³-hybridized carbons (Fsp3) is 0.143. The van der Waals surface area contributed by atoms with Gasteiger partial charge in [0.05, 0.1) is 5.69 Å². The number of nitrogens with zero attached hydrogens (tertiary/aromatic N) is 2. The lowest BCUT2D eigenvalue weighted by atomic mass is 10.1. The van der Waals surface area contributed by atoms with Crippen molar-refractivity contribution in [3.63, 3.8) is 0 Å². The molecule has 0 atom stereocenters. The van der Waals surface area contributed by atoms with Gasteiger partial charge in [-0.15, -0.1) is 0 Å². The largest absolute Gasteiger partial charge is 0.379 e. The number of pyridine rings is 1. The minimum absolute atomic E-state index is 0.432. The maximum absolute atomic E-state index is 8.92. The number of rotatable bonds is 3. The highest BCUT2D eigenvalue weighted by atomic mass is 14.9. The Bertz CT molecular complexity index is 555. The van der Waals surface area contributed by atoms with Crippen molar-refractivity contribution < 1.29 is 0 Å². The first-order valence-electron chi connectivity index (χ1n) is 5.45. The molecule has 0 saturated carbocycles. The van der Waals surface area contributed by atoms with Gasteiger partial charge >= 0.3 is 0 Å². The minimum atomic E-state index is 0.432. The Labute approximate surface area is 101 Å². The number of aryl methyl sites for hydroxylation is 1. The van der Waals surface area contributed by atoms with Gasteiger partial charge in [0.15, 0.2) is 5.69 Å². The molecule has 0 unspecified atom stereocenters. The summed E-state index contributed by atoms with van der Waals surface area (Å²) in [6.07, 6.45) is 1.62. The molecule has 3 heteroatoms. The van der Waals surface area contributed by atoms with Crippen molar-refractivity contribution >= 4 is 5.69 Å². The first-order valence-corrected chi connectivity index (χ1v) is 5.45. The van der Waals surface area contributed by atoms with Crippen LogP contribution in [0.5, 0.6) is 0 Å². The standard InChI is InChI=1S/C14H13N3/c1-11-5-2-3-6-12(11)10-17-13-7-4-8-16-14(13)9-15/h2-8,17H,10H2,1H3. The van der Waals surface area contributed by atoms with E-state index in [1.807, 2.05) is 24.3 Å². The van der Waals surface area contributed by atoms with E-state index in [1.54, 1.807) is 6.20 Å². The SMILES string of the molecule is Cc1ccccc1CNc1cccnc1C#N. The smallest absolute Gasteiger partial charge is 0.163 e. The molecule has 2 rings (SSSR count). The van der Waals surface area contributed by atoms with Crippen molar-refractivity contribution in [2.45, 2.75) is 13.5 Å². The topological polar surface area (TPSA) is 48.7 Å². The van der Waals surface area contributed by atoms with Gasteiger partial charge in [0.1, 0.15) is 6.07 Å². The van der Waals surface area contributed by atoms with E-state index in [4.69, 9.17) is 5.26 Å². The van der Waals surface area contributed by atoms with Crippen molar-refractivity contribution in [3.05, 3.63) is 59.4 Å². The van der Waals surface area contributed by atoms with E-state index in [9.17, 15) is 0 Å². The zero-order valence-corrected chi connectivity index (χ0v) is 9.64. The van der Waals surface area contributed by atoms with Crippen LogP contribution in [-0.4, -0.2) is 4.98 Å². The number of nitrogens with one attached hydrogen (secondary N) is 1. The van der Waals surface area contributed by atoms with Crippen LogP contribution in [0, 0.1) is 18.3 Å². The van der Waals surface area contributed by atoms with Gasteiger partial charge in [0, 0.05) is 12.7 Å². The van der Waals surface area contributed by atoms with E-state index in [1.165, 1.54) is 11.1 Å². The van der Waals surface area contributed by atoms with Crippen molar-refractivity contribution in [2.24, 2.45) is 0 Å². The van der Waals surface area contributed by atoms with Crippen LogP contribution in [0.2, 0.25) is 0 Å². The third-order valence-corrected chi connectivity index (χ3v) is 2.64. The minimum Gasteiger partial charge on any atom is -0.379 e. The first kappa shape index (κ1) is 11.2. The summed E-state index contributed by atoms with van der Waals surface area (Å²) in [4.78, 5) is 4.01. The summed E-state index contributed by atoms with van der Waals surface area (Å²) in [6.45, 7) is 2.78. The van der Waals surface area contributed by atoms with Gasteiger partial charge in [-0.2, -0.15) is 5.26 Å². The van der Waals surface area contributed by atoms with Crippen LogP contribution in [0.4, 0.5) is 5.69 Å². The van der Waals surface area contributed by atoms with Crippen LogP contribution in [0.25, 0.3) is 0 Å². The van der Waals surface area contributed by atoms with Crippen LogP contribution in [-0.2, 0) is 6.54 Å². The van der Waals surface area contributed by atoms with Crippen LogP contribution >= 0.6 is 0 Å². The zero-order valence-electron chi connectivity index (χ0n) is 9.64. The van der Waals surface area contributed by atoms with Gasteiger partial charge < -0.3 is 5.32 Å². The van der Waals surface area contributed by atoms with Crippen molar-refractivity contribution in [2.75, 3.05) is 5.32 Å². The Morgan fingerprint density at radius 3 is 2.82 bits per heavy atom. The quantitative estimate of drug-likeness (QED) is 0.870. The van der Waals surface area contributed by atoms with Crippen LogP contribution in [0.15, 0.2) is 42.6 Å². The number of benzene rings is 1. The molecule has 1 heterocycles. The molecule has 0 amide bonds. The monoisotopic (exact) mass is 223 g/mol. The molecule has 0 spiro atoms. The number of hydrogen-bond acceptors (Lipinski definition) is 3. The average Bonchev–Trinajstić information content (AvgIpc) is 2.38. The Kier molecular flexibility index (Phi) is 3.37. The number of hydrogen-bond donors (Lipinski definition) is 1. The molecule has 2 aromatic rings. The Hall–Kier alpha value is -2.34. The fourth-order valence-corrected chi connectivity index (χ4v) is 1.64. The molecular formula is C14H13N3. The maximum Gasteiger partial charge on any atom is 0.163 e. The summed E-state index contributed by atoms with van der Waals surface area (Å²) in [6, 6.07) is 13.9.